The molecule has 4 nitrogen and oxygen atoms in total. The summed E-state index contributed by atoms with van der Waals surface area (Å²) in [4.78, 5) is 13.7. The summed E-state index contributed by atoms with van der Waals surface area (Å²) in [5.41, 5.74) is 2.29. The van der Waals surface area contributed by atoms with Crippen molar-refractivity contribution in [2.24, 2.45) is 0 Å². The molecule has 1 aromatic rings. The Morgan fingerprint density at radius 2 is 2.05 bits per heavy atom. The summed E-state index contributed by atoms with van der Waals surface area (Å²) in [7, 11) is 0. The lowest BCUT2D eigenvalue weighted by atomic mass is 10.1. The topological polar surface area (TPSA) is 49.8 Å². The lowest BCUT2D eigenvalue weighted by molar-refractivity contribution is -0.133. The highest BCUT2D eigenvalue weighted by atomic mass is 16.5. The first-order valence-corrected chi connectivity index (χ1v) is 7.06. The van der Waals surface area contributed by atoms with Gasteiger partial charge in [-0.15, -0.1) is 0 Å². The first-order valence-electron chi connectivity index (χ1n) is 7.06. The number of carbonyl (C=O) groups is 1. The second-order valence-electron chi connectivity index (χ2n) is 5.20. The summed E-state index contributed by atoms with van der Waals surface area (Å²) < 4.78 is 5.69. The lowest BCUT2D eigenvalue weighted by Gasteiger charge is -2.26. The van der Waals surface area contributed by atoms with E-state index < -0.39 is 0 Å². The zero-order valence-electron chi connectivity index (χ0n) is 12.8. The molecule has 0 bridgehead atoms. The van der Waals surface area contributed by atoms with Gasteiger partial charge in [-0.1, -0.05) is 12.1 Å². The molecule has 1 rings (SSSR count). The Labute approximate surface area is 121 Å². The molecule has 0 unspecified atom stereocenters. The third kappa shape index (κ3) is 4.53. The lowest BCUT2D eigenvalue weighted by Crippen LogP contribution is -2.39. The third-order valence-electron chi connectivity index (χ3n) is 3.41. The molecule has 1 aromatic carbocycles. The molecular weight excluding hydrogens is 254 g/mol. The number of rotatable bonds is 7. The number of nitrogens with zero attached hydrogens (tertiary/aromatic N) is 1. The van der Waals surface area contributed by atoms with Crippen LogP contribution in [-0.4, -0.2) is 41.7 Å². The van der Waals surface area contributed by atoms with Crippen LogP contribution < -0.4 is 4.74 Å². The predicted molar refractivity (Wildman–Crippen MR) is 80.0 cm³/mol. The number of aliphatic hydroxyl groups is 1. The van der Waals surface area contributed by atoms with Crippen LogP contribution in [0.1, 0.15) is 31.4 Å². The van der Waals surface area contributed by atoms with E-state index in [2.05, 4.69) is 0 Å². The van der Waals surface area contributed by atoms with Gasteiger partial charge in [-0.25, -0.2) is 0 Å². The first-order chi connectivity index (χ1) is 9.47. The molecule has 0 saturated carbocycles. The molecule has 0 heterocycles. The van der Waals surface area contributed by atoms with Crippen LogP contribution in [0.25, 0.3) is 0 Å². The van der Waals surface area contributed by atoms with E-state index in [1.54, 1.807) is 4.90 Å². The molecule has 4 heteroatoms. The molecule has 0 aliphatic heterocycles. The van der Waals surface area contributed by atoms with Crippen molar-refractivity contribution >= 4 is 5.91 Å². The van der Waals surface area contributed by atoms with Crippen LogP contribution in [0.5, 0.6) is 5.75 Å². The standard InChI is InChI=1S/C16H25NO3/c1-12(2)17(9-10-18)16(19)8-11-20-15-7-5-6-13(3)14(15)4/h5-7,12,18H,8-11H2,1-4H3. The zero-order valence-corrected chi connectivity index (χ0v) is 12.8. The second-order valence-corrected chi connectivity index (χ2v) is 5.20. The van der Waals surface area contributed by atoms with E-state index in [1.165, 1.54) is 5.56 Å². The second kappa shape index (κ2) is 7.90. The average molecular weight is 279 g/mol. The normalized spacial score (nSPS) is 10.7. The van der Waals surface area contributed by atoms with Gasteiger partial charge in [-0.05, 0) is 44.9 Å². The van der Waals surface area contributed by atoms with Crippen molar-refractivity contribution in [3.05, 3.63) is 29.3 Å². The van der Waals surface area contributed by atoms with Gasteiger partial charge in [-0.2, -0.15) is 0 Å². The molecule has 0 spiro atoms. The summed E-state index contributed by atoms with van der Waals surface area (Å²) in [6, 6.07) is 6.00. The van der Waals surface area contributed by atoms with Crippen molar-refractivity contribution in [3.63, 3.8) is 0 Å². The monoisotopic (exact) mass is 279 g/mol. The summed E-state index contributed by atoms with van der Waals surface area (Å²) in [5, 5.41) is 8.98. The average Bonchev–Trinajstić information content (AvgIpc) is 2.40. The SMILES string of the molecule is Cc1cccc(OCCC(=O)N(CCO)C(C)C)c1C. The molecule has 0 fully saturated rings. The van der Waals surface area contributed by atoms with Crippen LogP contribution in [0, 0.1) is 13.8 Å². The first kappa shape index (κ1) is 16.5. The number of hydrogen-bond acceptors (Lipinski definition) is 3. The van der Waals surface area contributed by atoms with Gasteiger partial charge in [0.2, 0.25) is 5.91 Å². The maximum atomic E-state index is 12.1. The third-order valence-corrected chi connectivity index (χ3v) is 3.41. The highest BCUT2D eigenvalue weighted by Crippen LogP contribution is 2.20. The highest BCUT2D eigenvalue weighted by Gasteiger charge is 2.16. The number of aliphatic hydroxyl groups excluding tert-OH is 1. The minimum absolute atomic E-state index is 0.0121. The minimum atomic E-state index is -0.0121. The highest BCUT2D eigenvalue weighted by molar-refractivity contribution is 5.76. The number of amides is 1. The van der Waals surface area contributed by atoms with E-state index in [-0.39, 0.29) is 18.6 Å². The van der Waals surface area contributed by atoms with Gasteiger partial charge in [0, 0.05) is 12.6 Å². The Hall–Kier alpha value is -1.55. The van der Waals surface area contributed by atoms with Gasteiger partial charge in [0.25, 0.3) is 0 Å². The Morgan fingerprint density at radius 1 is 1.35 bits per heavy atom. The van der Waals surface area contributed by atoms with Gasteiger partial charge in [0.15, 0.2) is 0 Å². The molecule has 112 valence electrons. The Bertz CT molecular complexity index is 443. The largest absolute Gasteiger partial charge is 0.493 e. The van der Waals surface area contributed by atoms with Crippen molar-refractivity contribution in [3.8, 4) is 5.75 Å². The fourth-order valence-electron chi connectivity index (χ4n) is 2.05. The fraction of sp³-hybridized carbons (Fsp3) is 0.562. The van der Waals surface area contributed by atoms with E-state index in [0.717, 1.165) is 11.3 Å². The van der Waals surface area contributed by atoms with Crippen molar-refractivity contribution < 1.29 is 14.6 Å². The number of benzene rings is 1. The van der Waals surface area contributed by atoms with Crippen molar-refractivity contribution in [2.75, 3.05) is 19.8 Å². The van der Waals surface area contributed by atoms with E-state index in [1.807, 2.05) is 45.9 Å². The molecule has 20 heavy (non-hydrogen) atoms. The molecule has 1 N–H and O–H groups in total. The van der Waals surface area contributed by atoms with Gasteiger partial charge in [0.05, 0.1) is 19.6 Å². The molecule has 0 saturated heterocycles. The number of ether oxygens (including phenoxy) is 1. The number of hydrogen-bond donors (Lipinski definition) is 1. The quantitative estimate of drug-likeness (QED) is 0.833. The van der Waals surface area contributed by atoms with Crippen molar-refractivity contribution in [1.29, 1.82) is 0 Å². The van der Waals surface area contributed by atoms with Gasteiger partial charge in [-0.3, -0.25) is 4.79 Å². The fourth-order valence-corrected chi connectivity index (χ4v) is 2.05. The Kier molecular flexibility index (Phi) is 6.52. The summed E-state index contributed by atoms with van der Waals surface area (Å²) in [6.07, 6.45) is 0.325. The van der Waals surface area contributed by atoms with E-state index >= 15 is 0 Å². The van der Waals surface area contributed by atoms with Crippen LogP contribution in [-0.2, 0) is 4.79 Å². The summed E-state index contributed by atoms with van der Waals surface area (Å²) in [6.45, 7) is 8.66. The predicted octanol–water partition coefficient (Wildman–Crippen LogP) is 2.30. The maximum absolute atomic E-state index is 12.1. The van der Waals surface area contributed by atoms with Crippen LogP contribution >= 0.6 is 0 Å². The van der Waals surface area contributed by atoms with E-state index in [9.17, 15) is 4.79 Å². The van der Waals surface area contributed by atoms with E-state index in [0.29, 0.717) is 19.6 Å². The molecule has 0 aromatic heterocycles. The van der Waals surface area contributed by atoms with Gasteiger partial charge in [0.1, 0.15) is 5.75 Å². The van der Waals surface area contributed by atoms with Crippen LogP contribution in [0.15, 0.2) is 18.2 Å². The summed E-state index contributed by atoms with van der Waals surface area (Å²) in [5.74, 6) is 0.843. The maximum Gasteiger partial charge on any atom is 0.226 e. The number of aryl methyl sites for hydroxylation is 1. The van der Waals surface area contributed by atoms with E-state index in [4.69, 9.17) is 9.84 Å². The van der Waals surface area contributed by atoms with Crippen molar-refractivity contribution in [1.82, 2.24) is 4.90 Å². The smallest absolute Gasteiger partial charge is 0.226 e. The molecular formula is C16H25NO3. The minimum Gasteiger partial charge on any atom is -0.493 e. The van der Waals surface area contributed by atoms with Crippen LogP contribution in [0.4, 0.5) is 0 Å². The zero-order chi connectivity index (χ0) is 15.1. The number of carbonyl (C=O) groups excluding carboxylic acids is 1. The van der Waals surface area contributed by atoms with Gasteiger partial charge < -0.3 is 14.7 Å². The Morgan fingerprint density at radius 3 is 2.65 bits per heavy atom. The summed E-state index contributed by atoms with van der Waals surface area (Å²) >= 11 is 0. The molecule has 0 aliphatic rings. The molecule has 0 atom stereocenters. The molecule has 1 amide bonds. The van der Waals surface area contributed by atoms with Gasteiger partial charge >= 0.3 is 0 Å². The molecule has 0 aliphatic carbocycles. The Balaban J connectivity index is 2.51. The van der Waals surface area contributed by atoms with Crippen LogP contribution in [0.3, 0.4) is 0 Å². The van der Waals surface area contributed by atoms with Crippen LogP contribution in [0.2, 0.25) is 0 Å². The molecule has 0 radical (unpaired) electrons. The van der Waals surface area contributed by atoms with Crippen molar-refractivity contribution in [2.45, 2.75) is 40.2 Å².